The fourth-order valence-electron chi connectivity index (χ4n) is 3.50. The highest BCUT2D eigenvalue weighted by atomic mass is 19.1. The van der Waals surface area contributed by atoms with Gasteiger partial charge in [0.25, 0.3) is 0 Å². The topological polar surface area (TPSA) is 84.7 Å². The van der Waals surface area contributed by atoms with Crippen LogP contribution in [-0.4, -0.2) is 25.7 Å². The van der Waals surface area contributed by atoms with Crippen LogP contribution in [0.25, 0.3) is 10.9 Å². The maximum atomic E-state index is 14.0. The molecule has 7 nitrogen and oxygen atoms in total. The van der Waals surface area contributed by atoms with Crippen LogP contribution in [0.1, 0.15) is 28.9 Å². The number of amides is 1. The van der Waals surface area contributed by atoms with Crippen LogP contribution in [0.15, 0.2) is 54.9 Å². The van der Waals surface area contributed by atoms with Gasteiger partial charge in [0.15, 0.2) is 5.82 Å². The van der Waals surface area contributed by atoms with Crippen molar-refractivity contribution in [1.29, 1.82) is 0 Å². The summed E-state index contributed by atoms with van der Waals surface area (Å²) in [6.07, 6.45) is 4.63. The molecule has 1 amide bonds. The van der Waals surface area contributed by atoms with Gasteiger partial charge in [0, 0.05) is 37.2 Å². The highest BCUT2D eigenvalue weighted by Crippen LogP contribution is 2.24. The Balaban J connectivity index is 1.48. The van der Waals surface area contributed by atoms with E-state index in [4.69, 9.17) is 0 Å². The zero-order valence-electron chi connectivity index (χ0n) is 18.1. The summed E-state index contributed by atoms with van der Waals surface area (Å²) >= 11 is 0. The molecule has 0 spiro atoms. The number of benzene rings is 2. The van der Waals surface area contributed by atoms with Crippen molar-refractivity contribution in [2.24, 2.45) is 7.05 Å². The van der Waals surface area contributed by atoms with Crippen LogP contribution >= 0.6 is 0 Å². The Labute approximate surface area is 185 Å². The summed E-state index contributed by atoms with van der Waals surface area (Å²) in [6, 6.07) is 12.5. The Hall–Kier alpha value is -3.81. The van der Waals surface area contributed by atoms with Crippen molar-refractivity contribution in [3.8, 4) is 0 Å². The lowest BCUT2D eigenvalue weighted by Gasteiger charge is -2.13. The number of nitrogens with zero attached hydrogens (tertiary/aromatic N) is 4. The average molecular weight is 433 g/mol. The van der Waals surface area contributed by atoms with Gasteiger partial charge >= 0.3 is 0 Å². The summed E-state index contributed by atoms with van der Waals surface area (Å²) in [4.78, 5) is 21.6. The molecule has 2 aromatic carbocycles. The number of nitrogens with one attached hydrogen (secondary N) is 2. The second-order valence-electron chi connectivity index (χ2n) is 7.70. The van der Waals surface area contributed by atoms with Crippen molar-refractivity contribution in [3.63, 3.8) is 0 Å². The molecule has 8 heteroatoms. The van der Waals surface area contributed by atoms with Crippen molar-refractivity contribution in [2.75, 3.05) is 5.32 Å². The van der Waals surface area contributed by atoms with E-state index in [1.807, 2.05) is 38.4 Å². The van der Waals surface area contributed by atoms with E-state index in [-0.39, 0.29) is 18.3 Å². The van der Waals surface area contributed by atoms with E-state index in [0.29, 0.717) is 36.6 Å². The largest absolute Gasteiger partial charge is 0.365 e. The van der Waals surface area contributed by atoms with Gasteiger partial charge in [-0.2, -0.15) is 5.10 Å². The van der Waals surface area contributed by atoms with Crippen molar-refractivity contribution in [2.45, 2.75) is 32.9 Å². The molecule has 0 fully saturated rings. The molecule has 0 aliphatic heterocycles. The number of para-hydroxylation sites is 1. The van der Waals surface area contributed by atoms with Crippen LogP contribution in [0.3, 0.4) is 0 Å². The van der Waals surface area contributed by atoms with Crippen LogP contribution in [0.5, 0.6) is 0 Å². The molecule has 4 aromatic rings. The number of anilines is 1. The SMILES string of the molecule is Cc1cccc2c(NCc3ccccc3F)nc(CNC(=O)CCc3cnn(C)c3)nc12. The summed E-state index contributed by atoms with van der Waals surface area (Å²) in [5, 5.41) is 11.1. The van der Waals surface area contributed by atoms with Crippen molar-refractivity contribution < 1.29 is 9.18 Å². The molecule has 0 atom stereocenters. The van der Waals surface area contributed by atoms with Gasteiger partial charge in [-0.1, -0.05) is 30.3 Å². The molecule has 32 heavy (non-hydrogen) atoms. The minimum absolute atomic E-state index is 0.0804. The summed E-state index contributed by atoms with van der Waals surface area (Å²) in [5.74, 6) is 0.762. The number of fused-ring (bicyclic) bond motifs is 1. The number of halogens is 1. The third-order valence-corrected chi connectivity index (χ3v) is 5.22. The Morgan fingerprint density at radius 3 is 2.72 bits per heavy atom. The minimum Gasteiger partial charge on any atom is -0.365 e. The molecule has 164 valence electrons. The van der Waals surface area contributed by atoms with Crippen molar-refractivity contribution in [1.82, 2.24) is 25.1 Å². The number of hydrogen-bond donors (Lipinski definition) is 2. The third kappa shape index (κ3) is 5.08. The third-order valence-electron chi connectivity index (χ3n) is 5.22. The van der Waals surface area contributed by atoms with Gasteiger partial charge in [-0.05, 0) is 36.6 Å². The standard InChI is InChI=1S/C24H25FN6O/c1-16-6-5-8-19-23(16)29-21(14-26-22(32)11-10-17-12-28-31(2)15-17)30-24(19)27-13-18-7-3-4-9-20(18)25/h3-9,12,15H,10-11,13-14H2,1-2H3,(H,26,32)(H,27,29,30). The minimum atomic E-state index is -0.268. The Morgan fingerprint density at radius 2 is 1.94 bits per heavy atom. The van der Waals surface area contributed by atoms with Gasteiger partial charge in [0.1, 0.15) is 11.6 Å². The normalized spacial score (nSPS) is 11.0. The molecule has 2 heterocycles. The van der Waals surface area contributed by atoms with Gasteiger partial charge in [-0.15, -0.1) is 0 Å². The van der Waals surface area contributed by atoms with Crippen LogP contribution in [0.2, 0.25) is 0 Å². The van der Waals surface area contributed by atoms with Crippen LogP contribution in [0, 0.1) is 12.7 Å². The maximum Gasteiger partial charge on any atom is 0.220 e. The summed E-state index contributed by atoms with van der Waals surface area (Å²) in [5.41, 5.74) is 3.37. The number of carbonyl (C=O) groups excluding carboxylic acids is 1. The Morgan fingerprint density at radius 1 is 1.09 bits per heavy atom. The van der Waals surface area contributed by atoms with Gasteiger partial charge in [-0.3, -0.25) is 9.48 Å². The monoisotopic (exact) mass is 432 g/mol. The van der Waals surface area contributed by atoms with Crippen LogP contribution < -0.4 is 10.6 Å². The summed E-state index contributed by atoms with van der Waals surface area (Å²) in [7, 11) is 1.85. The second kappa shape index (κ2) is 9.55. The number of aromatic nitrogens is 4. The quantitative estimate of drug-likeness (QED) is 0.444. The van der Waals surface area contributed by atoms with Crippen molar-refractivity contribution in [3.05, 3.63) is 83.2 Å². The molecule has 0 saturated carbocycles. The first-order chi connectivity index (χ1) is 15.5. The van der Waals surface area contributed by atoms with E-state index < -0.39 is 0 Å². The fourth-order valence-corrected chi connectivity index (χ4v) is 3.50. The van der Waals surface area contributed by atoms with Crippen LogP contribution in [-0.2, 0) is 31.4 Å². The molecule has 0 bridgehead atoms. The van der Waals surface area contributed by atoms with Crippen LogP contribution in [0.4, 0.5) is 10.2 Å². The smallest absolute Gasteiger partial charge is 0.220 e. The summed E-state index contributed by atoms with van der Waals surface area (Å²) in [6.45, 7) is 2.49. The average Bonchev–Trinajstić information content (AvgIpc) is 3.21. The molecule has 0 aliphatic rings. The van der Waals surface area contributed by atoms with Gasteiger partial charge in [0.05, 0.1) is 18.3 Å². The first-order valence-electron chi connectivity index (χ1n) is 10.5. The van der Waals surface area contributed by atoms with E-state index in [0.717, 1.165) is 22.0 Å². The lowest BCUT2D eigenvalue weighted by molar-refractivity contribution is -0.121. The second-order valence-corrected chi connectivity index (χ2v) is 7.70. The van der Waals surface area contributed by atoms with E-state index in [9.17, 15) is 9.18 Å². The molecule has 2 N–H and O–H groups in total. The molecule has 2 aromatic heterocycles. The summed E-state index contributed by atoms with van der Waals surface area (Å²) < 4.78 is 15.7. The van der Waals surface area contributed by atoms with Crippen molar-refractivity contribution >= 4 is 22.6 Å². The molecule has 0 saturated heterocycles. The number of aryl methyl sites for hydroxylation is 3. The fraction of sp³-hybridized carbons (Fsp3) is 0.250. The molecule has 0 unspecified atom stereocenters. The number of hydrogen-bond acceptors (Lipinski definition) is 5. The first kappa shape index (κ1) is 21.4. The van der Waals surface area contributed by atoms with Gasteiger partial charge in [0.2, 0.25) is 5.91 Å². The Bertz CT molecular complexity index is 1250. The lowest BCUT2D eigenvalue weighted by Crippen LogP contribution is -2.24. The molecule has 0 aliphatic carbocycles. The van der Waals surface area contributed by atoms with E-state index in [1.54, 1.807) is 29.1 Å². The molecular formula is C24H25FN6O. The lowest BCUT2D eigenvalue weighted by atomic mass is 10.1. The predicted molar refractivity (Wildman–Crippen MR) is 121 cm³/mol. The van der Waals surface area contributed by atoms with E-state index >= 15 is 0 Å². The zero-order chi connectivity index (χ0) is 22.5. The van der Waals surface area contributed by atoms with Gasteiger partial charge < -0.3 is 10.6 Å². The Kier molecular flexibility index (Phi) is 6.39. The highest BCUT2D eigenvalue weighted by Gasteiger charge is 2.12. The molecule has 4 rings (SSSR count). The highest BCUT2D eigenvalue weighted by molar-refractivity contribution is 5.91. The number of rotatable bonds is 8. The first-order valence-corrected chi connectivity index (χ1v) is 10.5. The number of carbonyl (C=O) groups is 1. The van der Waals surface area contributed by atoms with E-state index in [2.05, 4.69) is 25.7 Å². The molecule has 0 radical (unpaired) electrons. The van der Waals surface area contributed by atoms with E-state index in [1.165, 1.54) is 6.07 Å². The zero-order valence-corrected chi connectivity index (χ0v) is 18.1. The predicted octanol–water partition coefficient (Wildman–Crippen LogP) is 3.67. The van der Waals surface area contributed by atoms with Gasteiger partial charge in [-0.25, -0.2) is 14.4 Å². The maximum absolute atomic E-state index is 14.0. The molecular weight excluding hydrogens is 407 g/mol.